The Hall–Kier alpha value is -1.50. The summed E-state index contributed by atoms with van der Waals surface area (Å²) in [6.07, 6.45) is 1.37. The summed E-state index contributed by atoms with van der Waals surface area (Å²) in [7, 11) is 1.67. The molecule has 2 saturated heterocycles. The van der Waals surface area contributed by atoms with E-state index >= 15 is 0 Å². The van der Waals surface area contributed by atoms with Gasteiger partial charge in [-0.25, -0.2) is 0 Å². The van der Waals surface area contributed by atoms with Crippen molar-refractivity contribution in [1.29, 1.82) is 0 Å². The van der Waals surface area contributed by atoms with Gasteiger partial charge in [-0.1, -0.05) is 0 Å². The molecule has 0 amide bonds. The smallest absolute Gasteiger partial charge is 0.269 e. The number of ether oxygens (including phenoxy) is 1. The largest absolute Gasteiger partial charge is 0.388 e. The van der Waals surface area contributed by atoms with Crippen LogP contribution in [0.15, 0.2) is 24.3 Å². The molecule has 4 atom stereocenters. The van der Waals surface area contributed by atoms with Crippen molar-refractivity contribution < 1.29 is 14.8 Å². The minimum Gasteiger partial charge on any atom is -0.388 e. The number of fused-ring (bicyclic) bond motifs is 1. The lowest BCUT2D eigenvalue weighted by atomic mass is 9.91. The second-order valence-electron chi connectivity index (χ2n) is 5.50. The van der Waals surface area contributed by atoms with E-state index < -0.39 is 11.0 Å². The molecule has 0 unspecified atom stereocenters. The molecule has 20 heavy (non-hydrogen) atoms. The van der Waals surface area contributed by atoms with Crippen molar-refractivity contribution in [2.24, 2.45) is 5.92 Å². The second kappa shape index (κ2) is 5.12. The Kier molecular flexibility index (Phi) is 3.45. The van der Waals surface area contributed by atoms with Crippen LogP contribution in [0.2, 0.25) is 0 Å². The fourth-order valence-electron chi connectivity index (χ4n) is 3.36. The van der Waals surface area contributed by atoms with E-state index in [-0.39, 0.29) is 17.8 Å². The van der Waals surface area contributed by atoms with Crippen molar-refractivity contribution >= 4 is 5.69 Å². The summed E-state index contributed by atoms with van der Waals surface area (Å²) in [5.41, 5.74) is 0.754. The lowest BCUT2D eigenvalue weighted by molar-refractivity contribution is -0.384. The van der Waals surface area contributed by atoms with Crippen LogP contribution < -0.4 is 0 Å². The summed E-state index contributed by atoms with van der Waals surface area (Å²) in [5.74, 6) is 0.0222. The second-order valence-corrected chi connectivity index (χ2v) is 5.50. The van der Waals surface area contributed by atoms with Crippen LogP contribution in [0, 0.1) is 16.0 Å². The molecule has 3 rings (SSSR count). The Morgan fingerprint density at radius 3 is 2.65 bits per heavy atom. The van der Waals surface area contributed by atoms with Crippen molar-refractivity contribution in [3.8, 4) is 0 Å². The molecule has 2 aliphatic heterocycles. The lowest BCUT2D eigenvalue weighted by Gasteiger charge is -2.38. The first-order valence-electron chi connectivity index (χ1n) is 6.82. The predicted molar refractivity (Wildman–Crippen MR) is 72.1 cm³/mol. The predicted octanol–water partition coefficient (Wildman–Crippen LogP) is 1.69. The highest BCUT2D eigenvalue weighted by atomic mass is 16.6. The summed E-state index contributed by atoms with van der Waals surface area (Å²) < 4.78 is 5.52. The van der Waals surface area contributed by atoms with Crippen molar-refractivity contribution in [2.45, 2.75) is 31.2 Å². The Morgan fingerprint density at radius 2 is 2.15 bits per heavy atom. The summed E-state index contributed by atoms with van der Waals surface area (Å²) in [6.45, 7) is 1.02. The summed E-state index contributed by atoms with van der Waals surface area (Å²) in [4.78, 5) is 12.5. The van der Waals surface area contributed by atoms with Gasteiger partial charge in [0, 0.05) is 37.7 Å². The Labute approximate surface area is 117 Å². The number of aliphatic hydroxyl groups excluding tert-OH is 1. The van der Waals surface area contributed by atoms with E-state index in [9.17, 15) is 15.2 Å². The van der Waals surface area contributed by atoms with Gasteiger partial charge in [-0.15, -0.1) is 0 Å². The van der Waals surface area contributed by atoms with Gasteiger partial charge in [0.1, 0.15) is 6.23 Å². The maximum atomic E-state index is 10.6. The molecule has 0 aliphatic carbocycles. The molecule has 0 bridgehead atoms. The standard InChI is InChI=1S/C14H18N2O4/c1-20-14-12(8-11-6-7-15(11)14)13(17)9-2-4-10(5-3-9)16(18)19/h2-5,11-14,17H,6-8H2,1H3/t11-,12-,13-,14-/m0/s1. The number of nitrogens with zero attached hydrogens (tertiary/aromatic N) is 2. The highest BCUT2D eigenvalue weighted by molar-refractivity contribution is 5.34. The number of non-ortho nitro benzene ring substituents is 1. The SMILES string of the molecule is CO[C@H]1[C@H]([C@@H](O)c2ccc([N+](=O)[O-])cc2)C[C@@H]2CCN21. The summed E-state index contributed by atoms with van der Waals surface area (Å²) >= 11 is 0. The third-order valence-corrected chi connectivity index (χ3v) is 4.52. The Morgan fingerprint density at radius 1 is 1.45 bits per heavy atom. The van der Waals surface area contributed by atoms with E-state index in [0.717, 1.165) is 19.4 Å². The maximum absolute atomic E-state index is 10.6. The molecule has 0 spiro atoms. The molecule has 0 aromatic heterocycles. The van der Waals surface area contributed by atoms with E-state index in [1.165, 1.54) is 12.1 Å². The van der Waals surface area contributed by atoms with Crippen LogP contribution in [0.5, 0.6) is 0 Å². The third kappa shape index (κ3) is 2.09. The molecule has 2 heterocycles. The topological polar surface area (TPSA) is 75.8 Å². The normalized spacial score (nSPS) is 30.6. The molecule has 1 aromatic rings. The van der Waals surface area contributed by atoms with Gasteiger partial charge in [-0.2, -0.15) is 0 Å². The van der Waals surface area contributed by atoms with Crippen molar-refractivity contribution in [3.63, 3.8) is 0 Å². The van der Waals surface area contributed by atoms with Crippen LogP contribution in [0.25, 0.3) is 0 Å². The van der Waals surface area contributed by atoms with Crippen LogP contribution in [0.3, 0.4) is 0 Å². The number of methoxy groups -OCH3 is 1. The molecule has 6 heteroatoms. The van der Waals surface area contributed by atoms with Gasteiger partial charge >= 0.3 is 0 Å². The molecule has 0 saturated carbocycles. The number of nitro groups is 1. The summed E-state index contributed by atoms with van der Waals surface area (Å²) in [5, 5.41) is 21.2. The van der Waals surface area contributed by atoms with E-state index in [1.807, 2.05) is 0 Å². The van der Waals surface area contributed by atoms with Gasteiger partial charge in [-0.05, 0) is 30.5 Å². The fourth-order valence-corrected chi connectivity index (χ4v) is 3.36. The number of hydrogen-bond acceptors (Lipinski definition) is 5. The molecular weight excluding hydrogens is 260 g/mol. The van der Waals surface area contributed by atoms with Gasteiger partial charge in [0.25, 0.3) is 5.69 Å². The molecule has 108 valence electrons. The van der Waals surface area contributed by atoms with Crippen LogP contribution in [-0.2, 0) is 4.74 Å². The zero-order valence-corrected chi connectivity index (χ0v) is 11.3. The average Bonchev–Trinajstić information content (AvgIpc) is 2.69. The quantitative estimate of drug-likeness (QED) is 0.670. The third-order valence-electron chi connectivity index (χ3n) is 4.52. The van der Waals surface area contributed by atoms with E-state index in [4.69, 9.17) is 4.74 Å². The number of rotatable bonds is 4. The average molecular weight is 278 g/mol. The van der Waals surface area contributed by atoms with Gasteiger partial charge in [0.2, 0.25) is 0 Å². The highest BCUT2D eigenvalue weighted by Crippen LogP contribution is 2.44. The van der Waals surface area contributed by atoms with Crippen molar-refractivity contribution in [2.75, 3.05) is 13.7 Å². The van der Waals surface area contributed by atoms with Gasteiger partial charge < -0.3 is 9.84 Å². The first-order chi connectivity index (χ1) is 9.61. The van der Waals surface area contributed by atoms with Crippen molar-refractivity contribution in [3.05, 3.63) is 39.9 Å². The number of benzene rings is 1. The Balaban J connectivity index is 1.77. The van der Waals surface area contributed by atoms with E-state index in [2.05, 4.69) is 4.90 Å². The molecule has 2 fully saturated rings. The maximum Gasteiger partial charge on any atom is 0.269 e. The molecule has 6 nitrogen and oxygen atoms in total. The molecule has 2 aliphatic rings. The highest BCUT2D eigenvalue weighted by Gasteiger charge is 2.48. The van der Waals surface area contributed by atoms with Crippen molar-refractivity contribution in [1.82, 2.24) is 4.90 Å². The van der Waals surface area contributed by atoms with Crippen LogP contribution in [0.4, 0.5) is 5.69 Å². The number of hydrogen-bond donors (Lipinski definition) is 1. The van der Waals surface area contributed by atoms with E-state index in [1.54, 1.807) is 19.2 Å². The monoisotopic (exact) mass is 278 g/mol. The van der Waals surface area contributed by atoms with Crippen LogP contribution in [-0.4, -0.2) is 40.9 Å². The van der Waals surface area contributed by atoms with Crippen LogP contribution in [0.1, 0.15) is 24.5 Å². The fraction of sp³-hybridized carbons (Fsp3) is 0.571. The zero-order chi connectivity index (χ0) is 14.3. The molecule has 0 radical (unpaired) electrons. The van der Waals surface area contributed by atoms with Gasteiger partial charge in [-0.3, -0.25) is 15.0 Å². The van der Waals surface area contributed by atoms with E-state index in [0.29, 0.717) is 11.6 Å². The molecular formula is C14H18N2O4. The van der Waals surface area contributed by atoms with Gasteiger partial charge in [0.15, 0.2) is 0 Å². The molecule has 1 N–H and O–H groups in total. The minimum atomic E-state index is -0.647. The first-order valence-corrected chi connectivity index (χ1v) is 6.82. The Bertz CT molecular complexity index is 504. The lowest BCUT2D eigenvalue weighted by Crippen LogP contribution is -2.48. The molecule has 1 aromatic carbocycles. The van der Waals surface area contributed by atoms with Gasteiger partial charge in [0.05, 0.1) is 11.0 Å². The number of aliphatic hydroxyl groups is 1. The first kappa shape index (κ1) is 13.5. The number of nitro benzene ring substituents is 1. The minimum absolute atomic E-state index is 0.0222. The zero-order valence-electron chi connectivity index (χ0n) is 11.3. The summed E-state index contributed by atoms with van der Waals surface area (Å²) in [6, 6.07) is 6.64. The van der Waals surface area contributed by atoms with Crippen LogP contribution >= 0.6 is 0 Å².